The highest BCUT2D eigenvalue weighted by Crippen LogP contribution is 1.96. The molecule has 1 aliphatic rings. The summed E-state index contributed by atoms with van der Waals surface area (Å²) in [6.07, 6.45) is 7.49. The molecule has 0 unspecified atom stereocenters. The number of nitrogens with zero attached hydrogens (tertiary/aromatic N) is 2. The zero-order valence-electron chi connectivity index (χ0n) is 7.24. The minimum atomic E-state index is 1.25. The summed E-state index contributed by atoms with van der Waals surface area (Å²) >= 11 is 0. The molecule has 3 nitrogen and oxygen atoms in total. The van der Waals surface area contributed by atoms with Gasteiger partial charge in [-0.1, -0.05) is 6.42 Å². The Kier molecular flexibility index (Phi) is 5.12. The molecular formula is C9H15N3. The average Bonchev–Trinajstić information content (AvgIpc) is 2.24. The Morgan fingerprint density at radius 1 is 0.833 bits per heavy atom. The summed E-state index contributed by atoms with van der Waals surface area (Å²) in [6.45, 7) is 2.50. The average molecular weight is 165 g/mol. The maximum atomic E-state index is 3.53. The van der Waals surface area contributed by atoms with E-state index in [2.05, 4.69) is 15.5 Å². The smallest absolute Gasteiger partial charge is 0.0496 e. The number of hydrogen-bond donors (Lipinski definition) is 1. The van der Waals surface area contributed by atoms with E-state index in [1.165, 1.54) is 32.4 Å². The summed E-state index contributed by atoms with van der Waals surface area (Å²) in [5, 5.41) is 10.4. The molecule has 0 bridgehead atoms. The molecule has 1 aromatic rings. The first-order valence-electron chi connectivity index (χ1n) is 4.42. The second kappa shape index (κ2) is 6.73. The predicted molar refractivity (Wildman–Crippen MR) is 48.8 cm³/mol. The molecule has 0 saturated carbocycles. The molecule has 0 aromatic carbocycles. The van der Waals surface area contributed by atoms with Crippen LogP contribution in [0.2, 0.25) is 0 Å². The first-order valence-corrected chi connectivity index (χ1v) is 4.42. The highest BCUT2D eigenvalue weighted by atomic mass is 15.1. The predicted octanol–water partition coefficient (Wildman–Crippen LogP) is 1.24. The molecule has 1 aromatic heterocycles. The maximum absolute atomic E-state index is 3.53. The third-order valence-electron chi connectivity index (χ3n) is 1.69. The third-order valence-corrected chi connectivity index (χ3v) is 1.69. The van der Waals surface area contributed by atoms with E-state index in [1.807, 2.05) is 12.1 Å². The van der Waals surface area contributed by atoms with Crippen LogP contribution >= 0.6 is 0 Å². The fraction of sp³-hybridized carbons (Fsp3) is 0.556. The molecule has 1 fully saturated rings. The number of nitrogens with one attached hydrogen (secondary N) is 1. The van der Waals surface area contributed by atoms with Crippen molar-refractivity contribution >= 4 is 0 Å². The van der Waals surface area contributed by atoms with Crippen LogP contribution in [0.15, 0.2) is 24.5 Å². The second-order valence-corrected chi connectivity index (χ2v) is 2.72. The Hall–Kier alpha value is -0.960. The molecule has 3 heteroatoms. The zero-order chi connectivity index (χ0) is 8.49. The standard InChI is InChI=1S/C5H11N.C4H4N2/c2*1-2-4-6-5-3-1/h6H,1-5H2;1-4H. The lowest BCUT2D eigenvalue weighted by Gasteiger charge is -2.08. The number of aromatic nitrogens is 2. The van der Waals surface area contributed by atoms with Gasteiger partial charge < -0.3 is 5.32 Å². The van der Waals surface area contributed by atoms with E-state index < -0.39 is 0 Å². The van der Waals surface area contributed by atoms with Gasteiger partial charge in [-0.05, 0) is 38.1 Å². The van der Waals surface area contributed by atoms with Gasteiger partial charge in [-0.25, -0.2) is 0 Å². The minimum Gasteiger partial charge on any atom is -0.317 e. The Morgan fingerprint density at radius 3 is 1.58 bits per heavy atom. The van der Waals surface area contributed by atoms with Crippen LogP contribution < -0.4 is 5.32 Å². The molecule has 0 radical (unpaired) electrons. The molecular weight excluding hydrogens is 150 g/mol. The van der Waals surface area contributed by atoms with E-state index >= 15 is 0 Å². The Bertz CT molecular complexity index is 134. The fourth-order valence-corrected chi connectivity index (χ4v) is 1.06. The topological polar surface area (TPSA) is 37.8 Å². The lowest BCUT2D eigenvalue weighted by atomic mass is 10.2. The van der Waals surface area contributed by atoms with Crippen LogP contribution in [0.1, 0.15) is 19.3 Å². The lowest BCUT2D eigenvalue weighted by Crippen LogP contribution is -2.21. The van der Waals surface area contributed by atoms with Gasteiger partial charge in [0.2, 0.25) is 0 Å². The van der Waals surface area contributed by atoms with Gasteiger partial charge in [0.15, 0.2) is 0 Å². The van der Waals surface area contributed by atoms with Crippen LogP contribution in [-0.2, 0) is 0 Å². The summed E-state index contributed by atoms with van der Waals surface area (Å²) in [7, 11) is 0. The molecule has 2 rings (SSSR count). The number of piperidine rings is 1. The first kappa shape index (κ1) is 9.13. The molecule has 1 N–H and O–H groups in total. The van der Waals surface area contributed by atoms with E-state index in [4.69, 9.17) is 0 Å². The molecule has 1 saturated heterocycles. The van der Waals surface area contributed by atoms with E-state index in [-0.39, 0.29) is 0 Å². The van der Waals surface area contributed by atoms with E-state index in [9.17, 15) is 0 Å². The zero-order valence-corrected chi connectivity index (χ0v) is 7.24. The third kappa shape index (κ3) is 4.79. The van der Waals surface area contributed by atoms with Crippen molar-refractivity contribution in [2.75, 3.05) is 13.1 Å². The van der Waals surface area contributed by atoms with Crippen molar-refractivity contribution in [2.24, 2.45) is 0 Å². The van der Waals surface area contributed by atoms with Crippen LogP contribution in [0.5, 0.6) is 0 Å². The van der Waals surface area contributed by atoms with Crippen molar-refractivity contribution in [3.05, 3.63) is 24.5 Å². The van der Waals surface area contributed by atoms with Gasteiger partial charge in [0.05, 0.1) is 0 Å². The molecule has 0 aliphatic carbocycles. The highest BCUT2D eigenvalue weighted by Gasteiger charge is 1.93. The van der Waals surface area contributed by atoms with E-state index in [1.54, 1.807) is 12.4 Å². The van der Waals surface area contributed by atoms with Crippen molar-refractivity contribution < 1.29 is 0 Å². The lowest BCUT2D eigenvalue weighted by molar-refractivity contribution is 0.520. The molecule has 0 spiro atoms. The van der Waals surface area contributed by atoms with Gasteiger partial charge in [-0.15, -0.1) is 0 Å². The SMILES string of the molecule is C1CCNCC1.c1ccnnc1. The van der Waals surface area contributed by atoms with Crippen LogP contribution in [0.4, 0.5) is 0 Å². The van der Waals surface area contributed by atoms with Crippen molar-refractivity contribution in [1.82, 2.24) is 15.5 Å². The first-order chi connectivity index (χ1) is 6.00. The Labute approximate surface area is 73.2 Å². The molecule has 12 heavy (non-hydrogen) atoms. The van der Waals surface area contributed by atoms with Crippen LogP contribution in [0.25, 0.3) is 0 Å². The number of rotatable bonds is 0. The minimum absolute atomic E-state index is 1.25. The van der Waals surface area contributed by atoms with Crippen LogP contribution in [-0.4, -0.2) is 23.3 Å². The van der Waals surface area contributed by atoms with Crippen LogP contribution in [0, 0.1) is 0 Å². The molecule has 2 heterocycles. The molecule has 1 aliphatic heterocycles. The van der Waals surface area contributed by atoms with Crippen molar-refractivity contribution in [1.29, 1.82) is 0 Å². The van der Waals surface area contributed by atoms with E-state index in [0.29, 0.717) is 0 Å². The maximum Gasteiger partial charge on any atom is 0.0496 e. The van der Waals surface area contributed by atoms with Gasteiger partial charge in [0, 0.05) is 12.4 Å². The monoisotopic (exact) mass is 165 g/mol. The van der Waals surface area contributed by atoms with E-state index in [0.717, 1.165) is 0 Å². The largest absolute Gasteiger partial charge is 0.317 e. The van der Waals surface area contributed by atoms with Crippen molar-refractivity contribution in [3.63, 3.8) is 0 Å². The van der Waals surface area contributed by atoms with Crippen molar-refractivity contribution in [2.45, 2.75) is 19.3 Å². The van der Waals surface area contributed by atoms with Gasteiger partial charge in [-0.3, -0.25) is 0 Å². The summed E-state index contributed by atoms with van der Waals surface area (Å²) in [5.74, 6) is 0. The van der Waals surface area contributed by atoms with Gasteiger partial charge >= 0.3 is 0 Å². The number of hydrogen-bond acceptors (Lipinski definition) is 3. The van der Waals surface area contributed by atoms with Crippen molar-refractivity contribution in [3.8, 4) is 0 Å². The normalized spacial score (nSPS) is 16.0. The summed E-state index contributed by atoms with van der Waals surface area (Å²) < 4.78 is 0. The summed E-state index contributed by atoms with van der Waals surface area (Å²) in [4.78, 5) is 0. The summed E-state index contributed by atoms with van der Waals surface area (Å²) in [6, 6.07) is 3.65. The van der Waals surface area contributed by atoms with Gasteiger partial charge in [-0.2, -0.15) is 10.2 Å². The molecule has 66 valence electrons. The highest BCUT2D eigenvalue weighted by molar-refractivity contribution is 4.79. The van der Waals surface area contributed by atoms with Crippen LogP contribution in [0.3, 0.4) is 0 Å². The molecule has 0 atom stereocenters. The fourth-order valence-electron chi connectivity index (χ4n) is 1.06. The Balaban J connectivity index is 0.000000120. The van der Waals surface area contributed by atoms with Gasteiger partial charge in [0.1, 0.15) is 0 Å². The Morgan fingerprint density at radius 2 is 1.42 bits per heavy atom. The van der Waals surface area contributed by atoms with Gasteiger partial charge in [0.25, 0.3) is 0 Å². The second-order valence-electron chi connectivity index (χ2n) is 2.72. The summed E-state index contributed by atoms with van der Waals surface area (Å²) in [5.41, 5.74) is 0. The quantitative estimate of drug-likeness (QED) is 0.628. The molecule has 0 amide bonds.